The van der Waals surface area contributed by atoms with Crippen molar-refractivity contribution in [3.63, 3.8) is 0 Å². The first kappa shape index (κ1) is 37.7. The first-order valence-electron chi connectivity index (χ1n) is 15.5. The van der Waals surface area contributed by atoms with E-state index in [2.05, 4.69) is 23.3 Å². The highest BCUT2D eigenvalue weighted by molar-refractivity contribution is 7.80. The van der Waals surface area contributed by atoms with Crippen LogP contribution in [-0.2, 0) is 30.3 Å². The van der Waals surface area contributed by atoms with Crippen LogP contribution in [0.5, 0.6) is 0 Å². The van der Waals surface area contributed by atoms with Gasteiger partial charge in [-0.1, -0.05) is 67.4 Å². The number of ether oxygens (including phenoxy) is 2. The summed E-state index contributed by atoms with van der Waals surface area (Å²) in [6.45, 7) is 16.6. The van der Waals surface area contributed by atoms with Crippen LogP contribution in [0.2, 0.25) is 0 Å². The third-order valence-corrected chi connectivity index (χ3v) is 7.14. The molecule has 248 valence electrons. The summed E-state index contributed by atoms with van der Waals surface area (Å²) in [4.78, 5) is 56.2. The summed E-state index contributed by atoms with van der Waals surface area (Å²) in [7, 11) is 0. The maximum absolute atomic E-state index is 14.4. The van der Waals surface area contributed by atoms with E-state index in [0.717, 1.165) is 23.1 Å². The van der Waals surface area contributed by atoms with Gasteiger partial charge in [0.15, 0.2) is 0 Å². The van der Waals surface area contributed by atoms with Crippen LogP contribution in [0.25, 0.3) is 0 Å². The molecule has 0 aromatic heterocycles. The largest absolute Gasteiger partial charge is 0.458 e. The summed E-state index contributed by atoms with van der Waals surface area (Å²) in [6, 6.07) is 11.8. The van der Waals surface area contributed by atoms with E-state index in [1.54, 1.807) is 41.5 Å². The van der Waals surface area contributed by atoms with Crippen LogP contribution in [0, 0.1) is 13.8 Å². The molecule has 9 nitrogen and oxygen atoms in total. The van der Waals surface area contributed by atoms with Gasteiger partial charge in [0.05, 0.1) is 0 Å². The minimum Gasteiger partial charge on any atom is -0.458 e. The molecule has 0 spiro atoms. The third-order valence-electron chi connectivity index (χ3n) is 6.78. The molecule has 2 N–H and O–H groups in total. The van der Waals surface area contributed by atoms with Crippen LogP contribution in [0.15, 0.2) is 48.5 Å². The second-order valence-electron chi connectivity index (χ2n) is 13.3. The number of nitrogens with one attached hydrogen (secondary N) is 2. The van der Waals surface area contributed by atoms with Crippen LogP contribution < -0.4 is 10.6 Å². The van der Waals surface area contributed by atoms with Gasteiger partial charge in [0, 0.05) is 18.7 Å². The lowest BCUT2D eigenvalue weighted by Crippen LogP contribution is -2.55. The Hall–Kier alpha value is -3.53. The Morgan fingerprint density at radius 1 is 0.867 bits per heavy atom. The Morgan fingerprint density at radius 3 is 2.02 bits per heavy atom. The lowest BCUT2D eigenvalue weighted by Gasteiger charge is -2.35. The fourth-order valence-corrected chi connectivity index (χ4v) is 5.03. The Kier molecular flexibility index (Phi) is 14.0. The lowest BCUT2D eigenvalue weighted by molar-refractivity contribution is -0.159. The second kappa shape index (κ2) is 16.7. The molecule has 2 rings (SSSR count). The number of amides is 3. The van der Waals surface area contributed by atoms with Gasteiger partial charge in [-0.05, 0) is 78.5 Å². The van der Waals surface area contributed by atoms with Crippen molar-refractivity contribution in [1.29, 1.82) is 0 Å². The average Bonchev–Trinajstić information content (AvgIpc) is 2.92. The van der Waals surface area contributed by atoms with E-state index in [4.69, 9.17) is 9.47 Å². The molecular formula is C35H51N3O6S. The van der Waals surface area contributed by atoms with Gasteiger partial charge < -0.3 is 25.0 Å². The lowest BCUT2D eigenvalue weighted by atomic mass is 9.95. The second-order valence-corrected chi connectivity index (χ2v) is 13.7. The number of carbonyl (C=O) groups excluding carboxylic acids is 4. The standard InChI is InChI=1S/C35H51N3O6S/c1-10-11-19-38(31(40)28(22-45)37-33(42)44-35(7,8)9)29(26-18-17-23(2)20-24(26)3)30(39)36-27(32(41)43-34(4,5)6)21-25-15-13-12-14-16-25/h12-18,20,27-29,45H,10-11,19,21-22H2,1-9H3,(H,36,39)(H,37,42). The Labute approximate surface area is 274 Å². The Balaban J connectivity index is 2.60. The normalized spacial score (nSPS) is 13.6. The van der Waals surface area contributed by atoms with E-state index in [1.807, 2.05) is 69.3 Å². The maximum Gasteiger partial charge on any atom is 0.408 e. The SMILES string of the molecule is CCCCN(C(=O)C(CS)NC(=O)OC(C)(C)C)C(C(=O)NC(Cc1ccccc1)C(=O)OC(C)(C)C)c1ccc(C)cc1C. The van der Waals surface area contributed by atoms with Crippen LogP contribution in [0.1, 0.15) is 89.6 Å². The number of alkyl carbamates (subject to hydrolysis) is 1. The van der Waals surface area contributed by atoms with E-state index in [0.29, 0.717) is 12.0 Å². The van der Waals surface area contributed by atoms with E-state index in [9.17, 15) is 19.2 Å². The van der Waals surface area contributed by atoms with Crippen molar-refractivity contribution < 1.29 is 28.7 Å². The van der Waals surface area contributed by atoms with E-state index >= 15 is 0 Å². The highest BCUT2D eigenvalue weighted by Crippen LogP contribution is 2.28. The van der Waals surface area contributed by atoms with Crippen molar-refractivity contribution in [3.05, 3.63) is 70.8 Å². The molecule has 0 saturated heterocycles. The molecule has 0 aliphatic heterocycles. The first-order chi connectivity index (χ1) is 21.0. The minimum atomic E-state index is -1.10. The van der Waals surface area contributed by atoms with E-state index in [1.165, 1.54) is 4.90 Å². The predicted molar refractivity (Wildman–Crippen MR) is 180 cm³/mol. The van der Waals surface area contributed by atoms with Crippen molar-refractivity contribution in [1.82, 2.24) is 15.5 Å². The summed E-state index contributed by atoms with van der Waals surface area (Å²) in [5, 5.41) is 5.56. The van der Waals surface area contributed by atoms with Crippen molar-refractivity contribution >= 4 is 36.5 Å². The van der Waals surface area contributed by atoms with Crippen molar-refractivity contribution in [2.24, 2.45) is 0 Å². The van der Waals surface area contributed by atoms with Gasteiger partial charge >= 0.3 is 12.1 Å². The zero-order valence-corrected chi connectivity index (χ0v) is 29.1. The van der Waals surface area contributed by atoms with Crippen molar-refractivity contribution in [2.45, 2.75) is 111 Å². The zero-order chi connectivity index (χ0) is 33.9. The summed E-state index contributed by atoms with van der Waals surface area (Å²) in [6.07, 6.45) is 0.797. The Morgan fingerprint density at radius 2 is 1.49 bits per heavy atom. The van der Waals surface area contributed by atoms with Crippen LogP contribution in [0.4, 0.5) is 4.79 Å². The number of benzene rings is 2. The van der Waals surface area contributed by atoms with Gasteiger partial charge in [0.1, 0.15) is 29.3 Å². The average molecular weight is 642 g/mol. The molecule has 0 aliphatic carbocycles. The molecule has 0 aliphatic rings. The molecular weight excluding hydrogens is 590 g/mol. The highest BCUT2D eigenvalue weighted by Gasteiger charge is 2.38. The van der Waals surface area contributed by atoms with Gasteiger partial charge in [0.25, 0.3) is 0 Å². The fraction of sp³-hybridized carbons (Fsp3) is 0.543. The summed E-state index contributed by atoms with van der Waals surface area (Å²) >= 11 is 4.37. The van der Waals surface area contributed by atoms with Gasteiger partial charge in [-0.2, -0.15) is 12.6 Å². The molecule has 10 heteroatoms. The molecule has 45 heavy (non-hydrogen) atoms. The topological polar surface area (TPSA) is 114 Å². The highest BCUT2D eigenvalue weighted by atomic mass is 32.1. The molecule has 2 aromatic carbocycles. The first-order valence-corrected chi connectivity index (χ1v) is 16.1. The molecule has 0 saturated carbocycles. The predicted octanol–water partition coefficient (Wildman–Crippen LogP) is 5.87. The van der Waals surface area contributed by atoms with Crippen molar-refractivity contribution in [3.8, 4) is 0 Å². The van der Waals surface area contributed by atoms with E-state index in [-0.39, 0.29) is 18.7 Å². The number of carbonyl (C=O) groups is 4. The van der Waals surface area contributed by atoms with Gasteiger partial charge in [0.2, 0.25) is 11.8 Å². The molecule has 3 atom stereocenters. The van der Waals surface area contributed by atoms with Crippen LogP contribution in [-0.4, -0.2) is 64.4 Å². The summed E-state index contributed by atoms with van der Waals surface area (Å²) in [5.74, 6) is -1.61. The number of hydrogen-bond acceptors (Lipinski definition) is 7. The number of hydrogen-bond donors (Lipinski definition) is 3. The number of nitrogens with zero attached hydrogens (tertiary/aromatic N) is 1. The summed E-state index contributed by atoms with van der Waals surface area (Å²) in [5.41, 5.74) is 1.71. The molecule has 3 amide bonds. The smallest absolute Gasteiger partial charge is 0.408 e. The number of aryl methyl sites for hydroxylation is 2. The number of esters is 1. The van der Waals surface area contributed by atoms with Crippen molar-refractivity contribution in [2.75, 3.05) is 12.3 Å². The molecule has 0 bridgehead atoms. The number of rotatable bonds is 13. The quantitative estimate of drug-likeness (QED) is 0.186. The third kappa shape index (κ3) is 12.4. The molecule has 3 unspecified atom stereocenters. The zero-order valence-electron chi connectivity index (χ0n) is 28.2. The van der Waals surface area contributed by atoms with Gasteiger partial charge in [-0.25, -0.2) is 9.59 Å². The molecule has 0 fully saturated rings. The number of unbranched alkanes of at least 4 members (excludes halogenated alkanes) is 1. The molecule has 0 radical (unpaired) electrons. The van der Waals surface area contributed by atoms with Gasteiger partial charge in [-0.3, -0.25) is 9.59 Å². The van der Waals surface area contributed by atoms with Crippen LogP contribution >= 0.6 is 12.6 Å². The molecule has 0 heterocycles. The van der Waals surface area contributed by atoms with Crippen LogP contribution in [0.3, 0.4) is 0 Å². The fourth-order valence-electron chi connectivity index (χ4n) is 4.78. The maximum atomic E-state index is 14.4. The van der Waals surface area contributed by atoms with E-state index < -0.39 is 53.2 Å². The monoisotopic (exact) mass is 641 g/mol. The minimum absolute atomic E-state index is 0.0174. The molecule has 2 aromatic rings. The summed E-state index contributed by atoms with van der Waals surface area (Å²) < 4.78 is 11.1. The number of thiol groups is 1. The van der Waals surface area contributed by atoms with Gasteiger partial charge in [-0.15, -0.1) is 0 Å². The Bertz CT molecular complexity index is 1300.